The lowest BCUT2D eigenvalue weighted by atomic mass is 10.1. The van der Waals surface area contributed by atoms with Crippen molar-refractivity contribution in [3.05, 3.63) is 78.8 Å². The number of halogens is 5. The summed E-state index contributed by atoms with van der Waals surface area (Å²) >= 11 is 31.1. The Hall–Kier alpha value is -2.20. The van der Waals surface area contributed by atoms with E-state index in [1.165, 1.54) is 18.0 Å². The summed E-state index contributed by atoms with van der Waals surface area (Å²) in [5.74, 6) is -2.20. The highest BCUT2D eigenvalue weighted by molar-refractivity contribution is 8.00. The van der Waals surface area contributed by atoms with E-state index in [0.717, 1.165) is 4.90 Å². The van der Waals surface area contributed by atoms with Crippen molar-refractivity contribution in [3.63, 3.8) is 0 Å². The second-order valence-corrected chi connectivity index (χ2v) is 10.3. The van der Waals surface area contributed by atoms with E-state index in [9.17, 15) is 19.5 Å². The number of carbonyl (C=O) groups is 3. The number of carboxylic acids is 1. The first-order valence-electron chi connectivity index (χ1n) is 9.59. The number of aromatic carboxylic acids is 1. The number of aromatic nitrogens is 1. The van der Waals surface area contributed by atoms with Gasteiger partial charge >= 0.3 is 5.97 Å². The molecule has 7 nitrogen and oxygen atoms in total. The van der Waals surface area contributed by atoms with Crippen molar-refractivity contribution < 1.29 is 19.5 Å². The Morgan fingerprint density at radius 2 is 1.46 bits per heavy atom. The van der Waals surface area contributed by atoms with E-state index >= 15 is 0 Å². The van der Waals surface area contributed by atoms with Crippen LogP contribution < -0.4 is 10.6 Å². The fourth-order valence-electron chi connectivity index (χ4n) is 2.79. The molecule has 0 spiro atoms. The first kappa shape index (κ1) is 27.4. The third-order valence-electron chi connectivity index (χ3n) is 4.48. The molecule has 0 saturated heterocycles. The Balaban J connectivity index is 1.71. The number of rotatable bonds is 7. The average molecular weight is 594 g/mol. The zero-order valence-electron chi connectivity index (χ0n) is 17.5. The van der Waals surface area contributed by atoms with Crippen molar-refractivity contribution in [2.24, 2.45) is 0 Å². The van der Waals surface area contributed by atoms with Crippen LogP contribution in [0, 0.1) is 0 Å². The number of pyridine rings is 1. The minimum Gasteiger partial charge on any atom is -0.478 e. The van der Waals surface area contributed by atoms with E-state index in [4.69, 9.17) is 58.0 Å². The highest BCUT2D eigenvalue weighted by atomic mass is 35.5. The second-order valence-electron chi connectivity index (χ2n) is 6.90. The van der Waals surface area contributed by atoms with Crippen molar-refractivity contribution >= 4 is 99.1 Å². The van der Waals surface area contributed by atoms with Gasteiger partial charge in [0, 0.05) is 16.8 Å². The molecule has 35 heavy (non-hydrogen) atoms. The van der Waals surface area contributed by atoms with Crippen molar-refractivity contribution in [2.45, 2.75) is 17.1 Å². The SMILES string of the molecule is CC(Sc1ccc(NC(=O)c2c(Cl)c(Cl)c(Cl)c(Cl)c2C(=O)O)cc1)C(=O)Nc1ccc(Cl)cn1. The van der Waals surface area contributed by atoms with Gasteiger partial charge in [0.05, 0.1) is 41.5 Å². The van der Waals surface area contributed by atoms with Crippen LogP contribution in [0.5, 0.6) is 0 Å². The molecule has 0 aliphatic heterocycles. The van der Waals surface area contributed by atoms with Gasteiger partial charge in [-0.25, -0.2) is 9.78 Å². The number of carboxylic acid groups (broad SMARTS) is 1. The van der Waals surface area contributed by atoms with E-state index in [-0.39, 0.29) is 21.0 Å². The van der Waals surface area contributed by atoms with E-state index < -0.39 is 33.3 Å². The summed E-state index contributed by atoms with van der Waals surface area (Å²) in [6, 6.07) is 9.75. The molecule has 182 valence electrons. The van der Waals surface area contributed by atoms with Crippen LogP contribution in [0.15, 0.2) is 47.5 Å². The molecule has 13 heteroatoms. The van der Waals surface area contributed by atoms with Crippen LogP contribution in [0.1, 0.15) is 27.6 Å². The minimum absolute atomic E-state index is 0.235. The quantitative estimate of drug-likeness (QED) is 0.150. The maximum absolute atomic E-state index is 12.8. The van der Waals surface area contributed by atoms with Gasteiger partial charge in [0.1, 0.15) is 5.82 Å². The molecule has 3 rings (SSSR count). The second kappa shape index (κ2) is 11.7. The maximum atomic E-state index is 12.8. The van der Waals surface area contributed by atoms with Crippen LogP contribution in [0.25, 0.3) is 0 Å². The van der Waals surface area contributed by atoms with Gasteiger partial charge in [-0.2, -0.15) is 0 Å². The third kappa shape index (κ3) is 6.52. The number of nitrogens with zero attached hydrogens (tertiary/aromatic N) is 1. The van der Waals surface area contributed by atoms with E-state index in [1.54, 1.807) is 43.3 Å². The summed E-state index contributed by atoms with van der Waals surface area (Å²) in [4.78, 5) is 41.7. The summed E-state index contributed by atoms with van der Waals surface area (Å²) < 4.78 is 0. The van der Waals surface area contributed by atoms with Gasteiger partial charge in [0.2, 0.25) is 5.91 Å². The highest BCUT2D eigenvalue weighted by Crippen LogP contribution is 2.41. The van der Waals surface area contributed by atoms with Gasteiger partial charge in [-0.15, -0.1) is 11.8 Å². The molecule has 1 heterocycles. The normalized spacial score (nSPS) is 11.6. The molecule has 1 unspecified atom stereocenters. The van der Waals surface area contributed by atoms with Gasteiger partial charge in [0.15, 0.2) is 0 Å². The number of hydrogen-bond donors (Lipinski definition) is 3. The number of benzene rings is 2. The lowest BCUT2D eigenvalue weighted by Crippen LogP contribution is -2.22. The van der Waals surface area contributed by atoms with E-state index in [0.29, 0.717) is 16.5 Å². The molecular formula is C22H14Cl5N3O4S. The van der Waals surface area contributed by atoms with E-state index in [2.05, 4.69) is 15.6 Å². The molecule has 0 saturated carbocycles. The molecule has 1 atom stereocenters. The standard InChI is InChI=1S/C22H14Cl5N3O4S/c1-9(20(31)30-13-7-2-10(23)8-28-13)35-12-5-3-11(4-6-12)29-21(32)14-15(22(33)34)17(25)19(27)18(26)16(14)24/h2-9H,1H3,(H,29,32)(H,33,34)(H,28,30,31). The lowest BCUT2D eigenvalue weighted by Gasteiger charge is -2.14. The molecule has 2 amide bonds. The number of carbonyl (C=O) groups excluding carboxylic acids is 2. The lowest BCUT2D eigenvalue weighted by molar-refractivity contribution is -0.115. The summed E-state index contributed by atoms with van der Waals surface area (Å²) in [7, 11) is 0. The van der Waals surface area contributed by atoms with Crippen molar-refractivity contribution in [3.8, 4) is 0 Å². The molecule has 3 N–H and O–H groups in total. The van der Waals surface area contributed by atoms with Gasteiger partial charge in [-0.05, 0) is 43.3 Å². The Morgan fingerprint density at radius 1 is 0.857 bits per heavy atom. The Morgan fingerprint density at radius 3 is 2.00 bits per heavy atom. The number of hydrogen-bond acceptors (Lipinski definition) is 5. The predicted octanol–water partition coefficient (Wildman–Crippen LogP) is 7.42. The molecule has 0 aliphatic rings. The van der Waals surface area contributed by atoms with Crippen molar-refractivity contribution in [2.75, 3.05) is 10.6 Å². The molecular weight excluding hydrogens is 580 g/mol. The Labute approximate surface area is 229 Å². The highest BCUT2D eigenvalue weighted by Gasteiger charge is 2.29. The number of amides is 2. The average Bonchev–Trinajstić information content (AvgIpc) is 2.82. The largest absolute Gasteiger partial charge is 0.478 e. The zero-order chi connectivity index (χ0) is 25.9. The van der Waals surface area contributed by atoms with Crippen LogP contribution in [0.3, 0.4) is 0 Å². The number of thioether (sulfide) groups is 1. The Kier molecular flexibility index (Phi) is 9.15. The first-order chi connectivity index (χ1) is 16.5. The third-order valence-corrected chi connectivity index (χ3v) is 7.62. The number of nitrogens with one attached hydrogen (secondary N) is 2. The smallest absolute Gasteiger partial charge is 0.338 e. The topological polar surface area (TPSA) is 108 Å². The minimum atomic E-state index is -1.49. The monoisotopic (exact) mass is 591 g/mol. The maximum Gasteiger partial charge on any atom is 0.338 e. The van der Waals surface area contributed by atoms with Gasteiger partial charge < -0.3 is 15.7 Å². The molecule has 0 fully saturated rings. The summed E-state index contributed by atoms with van der Waals surface area (Å²) in [5, 5.41) is 13.5. The molecule has 0 aliphatic carbocycles. The van der Waals surface area contributed by atoms with Gasteiger partial charge in [-0.1, -0.05) is 58.0 Å². The molecule has 0 bridgehead atoms. The van der Waals surface area contributed by atoms with Crippen molar-refractivity contribution in [1.29, 1.82) is 0 Å². The summed E-state index contributed by atoms with van der Waals surface area (Å²) in [5.41, 5.74) is -0.639. The summed E-state index contributed by atoms with van der Waals surface area (Å²) in [6.07, 6.45) is 1.43. The van der Waals surface area contributed by atoms with Gasteiger partial charge in [0.25, 0.3) is 5.91 Å². The van der Waals surface area contributed by atoms with Crippen molar-refractivity contribution in [1.82, 2.24) is 4.98 Å². The van der Waals surface area contributed by atoms with Crippen LogP contribution in [-0.4, -0.2) is 33.1 Å². The van der Waals surface area contributed by atoms with Crippen LogP contribution in [0.4, 0.5) is 11.5 Å². The fraction of sp³-hybridized carbons (Fsp3) is 0.0909. The van der Waals surface area contributed by atoms with Crippen LogP contribution in [-0.2, 0) is 4.79 Å². The Bertz CT molecular complexity index is 1300. The van der Waals surface area contributed by atoms with Crippen LogP contribution >= 0.6 is 69.8 Å². The zero-order valence-corrected chi connectivity index (χ0v) is 22.1. The fourth-order valence-corrected chi connectivity index (χ4v) is 4.79. The molecule has 3 aromatic rings. The van der Waals surface area contributed by atoms with Crippen LogP contribution in [0.2, 0.25) is 25.1 Å². The number of anilines is 2. The van der Waals surface area contributed by atoms with E-state index in [1.807, 2.05) is 0 Å². The molecule has 1 aromatic heterocycles. The predicted molar refractivity (Wildman–Crippen MR) is 141 cm³/mol. The molecule has 2 aromatic carbocycles. The van der Waals surface area contributed by atoms with Gasteiger partial charge in [-0.3, -0.25) is 9.59 Å². The summed E-state index contributed by atoms with van der Waals surface area (Å²) in [6.45, 7) is 1.73. The first-order valence-corrected chi connectivity index (χ1v) is 12.4. The molecule has 0 radical (unpaired) electrons.